The van der Waals surface area contributed by atoms with Crippen LogP contribution in [0.15, 0.2) is 16.9 Å². The average Bonchev–Trinajstić information content (AvgIpc) is 2.79. The third-order valence-electron chi connectivity index (χ3n) is 2.94. The number of carbonyl (C=O) groups is 1. The SMILES string of the molecule is O=C(NCC1CCCC(Cl)C1)c1ccon1. The molecule has 0 bridgehead atoms. The second-order valence-corrected chi connectivity index (χ2v) is 4.84. The first-order valence-electron chi connectivity index (χ1n) is 5.58. The molecule has 0 spiro atoms. The van der Waals surface area contributed by atoms with E-state index in [9.17, 15) is 4.79 Å². The molecular weight excluding hydrogens is 228 g/mol. The highest BCUT2D eigenvalue weighted by atomic mass is 35.5. The lowest BCUT2D eigenvalue weighted by Crippen LogP contribution is -2.32. The van der Waals surface area contributed by atoms with E-state index < -0.39 is 0 Å². The summed E-state index contributed by atoms with van der Waals surface area (Å²) < 4.78 is 4.61. The minimum atomic E-state index is -0.176. The highest BCUT2D eigenvalue weighted by Crippen LogP contribution is 2.27. The molecule has 1 aliphatic carbocycles. The zero-order valence-electron chi connectivity index (χ0n) is 8.99. The first kappa shape index (κ1) is 11.5. The molecular formula is C11H15ClN2O2. The molecule has 1 aromatic heterocycles. The summed E-state index contributed by atoms with van der Waals surface area (Å²) in [5, 5.41) is 6.70. The van der Waals surface area contributed by atoms with Gasteiger partial charge in [-0.15, -0.1) is 11.6 Å². The maximum Gasteiger partial charge on any atom is 0.273 e. The Morgan fingerprint density at radius 3 is 3.19 bits per heavy atom. The zero-order chi connectivity index (χ0) is 11.4. The number of aromatic nitrogens is 1. The number of amides is 1. The average molecular weight is 243 g/mol. The van der Waals surface area contributed by atoms with Crippen molar-refractivity contribution in [2.75, 3.05) is 6.54 Å². The van der Waals surface area contributed by atoms with Crippen LogP contribution in [0.3, 0.4) is 0 Å². The van der Waals surface area contributed by atoms with Crippen molar-refractivity contribution in [3.8, 4) is 0 Å². The van der Waals surface area contributed by atoms with Crippen LogP contribution in [0.2, 0.25) is 0 Å². The number of carbonyl (C=O) groups excluding carboxylic acids is 1. The second-order valence-electron chi connectivity index (χ2n) is 4.22. The summed E-state index contributed by atoms with van der Waals surface area (Å²) >= 11 is 6.09. The van der Waals surface area contributed by atoms with E-state index in [0.717, 1.165) is 25.7 Å². The van der Waals surface area contributed by atoms with Crippen LogP contribution in [-0.4, -0.2) is 23.0 Å². The predicted octanol–water partition coefficient (Wildman–Crippen LogP) is 2.20. The summed E-state index contributed by atoms with van der Waals surface area (Å²) in [4.78, 5) is 11.6. The molecule has 1 fully saturated rings. The molecule has 0 radical (unpaired) electrons. The summed E-state index contributed by atoms with van der Waals surface area (Å²) in [7, 11) is 0. The Morgan fingerprint density at radius 2 is 2.50 bits per heavy atom. The van der Waals surface area contributed by atoms with Crippen molar-refractivity contribution >= 4 is 17.5 Å². The van der Waals surface area contributed by atoms with E-state index in [-0.39, 0.29) is 11.3 Å². The molecule has 1 aromatic rings. The number of hydrogen-bond acceptors (Lipinski definition) is 3. The highest BCUT2D eigenvalue weighted by Gasteiger charge is 2.21. The molecule has 1 saturated carbocycles. The van der Waals surface area contributed by atoms with Crippen LogP contribution in [0.5, 0.6) is 0 Å². The Bertz CT molecular complexity index is 340. The van der Waals surface area contributed by atoms with Gasteiger partial charge < -0.3 is 9.84 Å². The molecule has 2 rings (SSSR count). The minimum absolute atomic E-state index is 0.176. The fourth-order valence-electron chi connectivity index (χ4n) is 2.07. The Hall–Kier alpha value is -1.03. The van der Waals surface area contributed by atoms with Crippen LogP contribution in [0, 0.1) is 5.92 Å². The van der Waals surface area contributed by atoms with Crippen LogP contribution < -0.4 is 5.32 Å². The Morgan fingerprint density at radius 1 is 1.62 bits per heavy atom. The van der Waals surface area contributed by atoms with Crippen molar-refractivity contribution in [1.29, 1.82) is 0 Å². The molecule has 2 unspecified atom stereocenters. The molecule has 4 nitrogen and oxygen atoms in total. The standard InChI is InChI=1S/C11H15ClN2O2/c12-9-3-1-2-8(6-9)7-13-11(15)10-4-5-16-14-10/h4-5,8-9H,1-3,6-7H2,(H,13,15). The molecule has 1 amide bonds. The van der Waals surface area contributed by atoms with E-state index in [1.165, 1.54) is 6.26 Å². The first-order chi connectivity index (χ1) is 7.75. The zero-order valence-corrected chi connectivity index (χ0v) is 9.74. The molecule has 0 aromatic carbocycles. The van der Waals surface area contributed by atoms with Crippen LogP contribution in [0.4, 0.5) is 0 Å². The summed E-state index contributed by atoms with van der Waals surface area (Å²) in [6, 6.07) is 1.56. The smallest absolute Gasteiger partial charge is 0.273 e. The van der Waals surface area contributed by atoms with Crippen molar-refractivity contribution in [1.82, 2.24) is 10.5 Å². The van der Waals surface area contributed by atoms with E-state index in [0.29, 0.717) is 18.2 Å². The third-order valence-corrected chi connectivity index (χ3v) is 3.34. The van der Waals surface area contributed by atoms with Crippen LogP contribution >= 0.6 is 11.6 Å². The molecule has 1 aliphatic rings. The number of nitrogens with one attached hydrogen (secondary N) is 1. The van der Waals surface area contributed by atoms with Gasteiger partial charge in [0.15, 0.2) is 5.69 Å². The lowest BCUT2D eigenvalue weighted by atomic mass is 9.89. The van der Waals surface area contributed by atoms with Gasteiger partial charge in [-0.2, -0.15) is 0 Å². The van der Waals surface area contributed by atoms with Gasteiger partial charge >= 0.3 is 0 Å². The van der Waals surface area contributed by atoms with Crippen molar-refractivity contribution in [2.24, 2.45) is 5.92 Å². The van der Waals surface area contributed by atoms with E-state index in [4.69, 9.17) is 11.6 Å². The monoisotopic (exact) mass is 242 g/mol. The van der Waals surface area contributed by atoms with Crippen molar-refractivity contribution in [2.45, 2.75) is 31.1 Å². The fourth-order valence-corrected chi connectivity index (χ4v) is 2.47. The maximum atomic E-state index is 11.6. The van der Waals surface area contributed by atoms with E-state index in [1.54, 1.807) is 6.07 Å². The largest absolute Gasteiger partial charge is 0.364 e. The number of nitrogens with zero attached hydrogens (tertiary/aromatic N) is 1. The number of hydrogen-bond donors (Lipinski definition) is 1. The number of alkyl halides is 1. The van der Waals surface area contributed by atoms with Gasteiger partial charge in [-0.05, 0) is 25.2 Å². The van der Waals surface area contributed by atoms with Crippen LogP contribution in [0.25, 0.3) is 0 Å². The molecule has 1 N–H and O–H groups in total. The van der Waals surface area contributed by atoms with Crippen molar-refractivity contribution < 1.29 is 9.32 Å². The summed E-state index contributed by atoms with van der Waals surface area (Å²) in [6.07, 6.45) is 5.77. The van der Waals surface area contributed by atoms with Gasteiger partial charge in [-0.25, -0.2) is 0 Å². The van der Waals surface area contributed by atoms with Crippen molar-refractivity contribution in [3.05, 3.63) is 18.0 Å². The maximum absolute atomic E-state index is 11.6. The first-order valence-corrected chi connectivity index (χ1v) is 6.02. The second kappa shape index (κ2) is 5.34. The normalized spacial score (nSPS) is 25.3. The van der Waals surface area contributed by atoms with Gasteiger partial charge in [0.05, 0.1) is 0 Å². The quantitative estimate of drug-likeness (QED) is 0.827. The predicted molar refractivity (Wildman–Crippen MR) is 60.4 cm³/mol. The Labute approximate surface area is 99.3 Å². The van der Waals surface area contributed by atoms with E-state index in [2.05, 4.69) is 15.0 Å². The number of rotatable bonds is 3. The summed E-state index contributed by atoms with van der Waals surface area (Å²) in [6.45, 7) is 0.676. The van der Waals surface area contributed by atoms with Gasteiger partial charge in [-0.3, -0.25) is 4.79 Å². The molecule has 0 saturated heterocycles. The van der Waals surface area contributed by atoms with Gasteiger partial charge in [0.1, 0.15) is 6.26 Å². The van der Waals surface area contributed by atoms with Gasteiger partial charge in [-0.1, -0.05) is 11.6 Å². The lowest BCUT2D eigenvalue weighted by molar-refractivity contribution is 0.0934. The minimum Gasteiger partial charge on any atom is -0.364 e. The highest BCUT2D eigenvalue weighted by molar-refractivity contribution is 6.20. The van der Waals surface area contributed by atoms with E-state index >= 15 is 0 Å². The van der Waals surface area contributed by atoms with Gasteiger partial charge in [0.2, 0.25) is 0 Å². The van der Waals surface area contributed by atoms with Crippen molar-refractivity contribution in [3.63, 3.8) is 0 Å². The molecule has 5 heteroatoms. The van der Waals surface area contributed by atoms with Gasteiger partial charge in [0, 0.05) is 18.0 Å². The Balaban J connectivity index is 1.77. The third kappa shape index (κ3) is 2.98. The molecule has 1 heterocycles. The molecule has 0 aliphatic heterocycles. The Kier molecular flexibility index (Phi) is 3.83. The van der Waals surface area contributed by atoms with Crippen LogP contribution in [0.1, 0.15) is 36.2 Å². The summed E-state index contributed by atoms with van der Waals surface area (Å²) in [5.74, 6) is 0.317. The molecule has 2 atom stereocenters. The fraction of sp³-hybridized carbons (Fsp3) is 0.636. The lowest BCUT2D eigenvalue weighted by Gasteiger charge is -2.25. The molecule has 88 valence electrons. The van der Waals surface area contributed by atoms with Crippen LogP contribution in [-0.2, 0) is 0 Å². The molecule has 16 heavy (non-hydrogen) atoms. The summed E-state index contributed by atoms with van der Waals surface area (Å²) in [5.41, 5.74) is 0.332. The number of halogens is 1. The topological polar surface area (TPSA) is 55.1 Å². The van der Waals surface area contributed by atoms with E-state index in [1.807, 2.05) is 0 Å². The van der Waals surface area contributed by atoms with Gasteiger partial charge in [0.25, 0.3) is 5.91 Å².